The van der Waals surface area contributed by atoms with Crippen LogP contribution in [-0.2, 0) is 29.7 Å². The number of fused-ring (bicyclic) bond motifs is 1. The number of rotatable bonds is 8. The summed E-state index contributed by atoms with van der Waals surface area (Å²) in [4.78, 5) is 0. The lowest BCUT2D eigenvalue weighted by molar-refractivity contribution is 0.107. The summed E-state index contributed by atoms with van der Waals surface area (Å²) in [7, 11) is -1.98. The third kappa shape index (κ3) is 5.88. The Kier molecular flexibility index (Phi) is 7.40. The van der Waals surface area contributed by atoms with Gasteiger partial charge in [0.25, 0.3) is 0 Å². The van der Waals surface area contributed by atoms with Gasteiger partial charge in [0.1, 0.15) is 19.3 Å². The Morgan fingerprint density at radius 2 is 1.38 bits per heavy atom. The molecule has 3 aromatic rings. The first kappa shape index (κ1) is 24.1. The summed E-state index contributed by atoms with van der Waals surface area (Å²) in [5, 5.41) is 10.4. The molecular formula is C29H33NO3Si. The number of hydrogen-bond acceptors (Lipinski definition) is 4. The fraction of sp³-hybridized carbons (Fsp3) is 0.345. The van der Waals surface area contributed by atoms with Gasteiger partial charge >= 0.3 is 0 Å². The summed E-state index contributed by atoms with van der Waals surface area (Å²) in [5.41, 5.74) is 3.28. The molecule has 4 rings (SSSR count). The molecule has 0 saturated carbocycles. The van der Waals surface area contributed by atoms with E-state index in [1.165, 1.54) is 0 Å². The molecule has 1 atom stereocenters. The zero-order valence-corrected chi connectivity index (χ0v) is 21.3. The number of ether oxygens (including phenoxy) is 2. The van der Waals surface area contributed by atoms with E-state index in [2.05, 4.69) is 43.9 Å². The quantitative estimate of drug-likeness (QED) is 0.259. The Morgan fingerprint density at radius 1 is 0.824 bits per heavy atom. The zero-order valence-electron chi connectivity index (χ0n) is 20.3. The molecule has 0 bridgehead atoms. The van der Waals surface area contributed by atoms with E-state index in [-0.39, 0.29) is 0 Å². The van der Waals surface area contributed by atoms with Crippen LogP contribution in [-0.4, -0.2) is 8.32 Å². The van der Waals surface area contributed by atoms with E-state index in [4.69, 9.17) is 13.9 Å². The first-order chi connectivity index (χ1) is 16.4. The highest BCUT2D eigenvalue weighted by Gasteiger charge is 2.41. The monoisotopic (exact) mass is 471 g/mol. The summed E-state index contributed by atoms with van der Waals surface area (Å²) < 4.78 is 19.2. The Bertz CT molecular complexity index is 1140. The number of nitrogens with zero attached hydrogens (tertiary/aromatic N) is 1. The van der Waals surface area contributed by atoms with Crippen molar-refractivity contribution < 1.29 is 13.9 Å². The zero-order chi connectivity index (χ0) is 24.0. The predicted molar refractivity (Wildman–Crippen MR) is 137 cm³/mol. The summed E-state index contributed by atoms with van der Waals surface area (Å²) >= 11 is 0. The summed E-state index contributed by atoms with van der Waals surface area (Å²) in [6.07, 6.45) is 3.57. The van der Waals surface area contributed by atoms with Crippen LogP contribution < -0.4 is 9.47 Å². The van der Waals surface area contributed by atoms with Crippen molar-refractivity contribution in [3.05, 3.63) is 95.1 Å². The second-order valence-electron chi connectivity index (χ2n) is 9.86. The molecule has 0 heterocycles. The van der Waals surface area contributed by atoms with Gasteiger partial charge in [-0.15, -0.1) is 0 Å². The van der Waals surface area contributed by atoms with Gasteiger partial charge in [0.15, 0.2) is 25.4 Å². The summed E-state index contributed by atoms with van der Waals surface area (Å²) in [6, 6.07) is 26.9. The molecule has 1 aliphatic carbocycles. The molecule has 4 nitrogen and oxygen atoms in total. The van der Waals surface area contributed by atoms with E-state index in [1.807, 2.05) is 54.6 Å². The molecule has 0 spiro atoms. The minimum absolute atomic E-state index is 0.426. The van der Waals surface area contributed by atoms with Crippen molar-refractivity contribution in [2.45, 2.75) is 64.1 Å². The molecule has 0 amide bonds. The van der Waals surface area contributed by atoms with Crippen LogP contribution in [0.15, 0.2) is 72.8 Å². The smallest absolute Gasteiger partial charge is 0.186 e. The molecular weight excluding hydrogens is 438 g/mol. The molecule has 0 saturated heterocycles. The van der Waals surface area contributed by atoms with E-state index in [0.717, 1.165) is 41.5 Å². The maximum Gasteiger partial charge on any atom is 0.186 e. The average molecular weight is 472 g/mol. The van der Waals surface area contributed by atoms with Crippen molar-refractivity contribution >= 4 is 8.32 Å². The van der Waals surface area contributed by atoms with E-state index >= 15 is 0 Å². The second-order valence-corrected chi connectivity index (χ2v) is 14.3. The van der Waals surface area contributed by atoms with Crippen molar-refractivity contribution in [1.29, 1.82) is 5.26 Å². The van der Waals surface area contributed by atoms with E-state index in [1.54, 1.807) is 0 Å². The summed E-state index contributed by atoms with van der Waals surface area (Å²) in [5.74, 6) is 1.36. The highest BCUT2D eigenvalue weighted by atomic mass is 28.4. The molecule has 0 N–H and O–H groups in total. The van der Waals surface area contributed by atoms with E-state index < -0.39 is 13.9 Å². The Labute approximate surface area is 204 Å². The fourth-order valence-electron chi connectivity index (χ4n) is 4.47. The minimum atomic E-state index is -1.98. The minimum Gasteiger partial charge on any atom is -0.485 e. The maximum absolute atomic E-state index is 10.4. The first-order valence-corrected chi connectivity index (χ1v) is 15.4. The van der Waals surface area contributed by atoms with Gasteiger partial charge < -0.3 is 13.9 Å². The van der Waals surface area contributed by atoms with Gasteiger partial charge in [-0.25, -0.2) is 0 Å². The van der Waals surface area contributed by atoms with Crippen LogP contribution in [0.3, 0.4) is 0 Å². The predicted octanol–water partition coefficient (Wildman–Crippen LogP) is 7.14. The van der Waals surface area contributed by atoms with Crippen LogP contribution in [0.4, 0.5) is 0 Å². The highest BCUT2D eigenvalue weighted by molar-refractivity contribution is 6.69. The number of benzene rings is 3. The third-order valence-electron chi connectivity index (χ3n) is 5.96. The standard InChI is InChI=1S/C29H33NO3Si/c1-34(2,3)33-29(22-30)17-11-10-16-25-18-27(31-20-23-12-6-4-7-13-23)28(19-26(25)29)32-21-24-14-8-5-9-15-24/h4-9,12-15,18-19H,10-11,16-17,20-21H2,1-3H3. The van der Waals surface area contributed by atoms with Crippen molar-refractivity contribution in [3.63, 3.8) is 0 Å². The van der Waals surface area contributed by atoms with Crippen molar-refractivity contribution in [1.82, 2.24) is 0 Å². The maximum atomic E-state index is 10.4. The fourth-order valence-corrected chi connectivity index (χ4v) is 5.78. The molecule has 0 aliphatic heterocycles. The van der Waals surface area contributed by atoms with Crippen LogP contribution >= 0.6 is 0 Å². The van der Waals surface area contributed by atoms with E-state index in [9.17, 15) is 5.26 Å². The van der Waals surface area contributed by atoms with Gasteiger partial charge in [0, 0.05) is 5.56 Å². The lowest BCUT2D eigenvalue weighted by atomic mass is 9.89. The number of hydrogen-bond donors (Lipinski definition) is 0. The Hall–Kier alpha value is -3.07. The summed E-state index contributed by atoms with van der Waals surface area (Å²) in [6.45, 7) is 7.30. The number of nitriles is 1. The van der Waals surface area contributed by atoms with Crippen LogP contribution in [0.5, 0.6) is 11.5 Å². The SMILES string of the molecule is C[Si](C)(C)OC1(C#N)CCCCc2cc(OCc3ccccc3)c(OCc3ccccc3)cc21. The van der Waals surface area contributed by atoms with Crippen molar-refractivity contribution in [2.75, 3.05) is 0 Å². The topological polar surface area (TPSA) is 51.5 Å². The second kappa shape index (κ2) is 10.5. The van der Waals surface area contributed by atoms with Gasteiger partial charge in [-0.1, -0.05) is 60.7 Å². The van der Waals surface area contributed by atoms with Gasteiger partial charge in [-0.2, -0.15) is 5.26 Å². The third-order valence-corrected chi connectivity index (χ3v) is 6.93. The van der Waals surface area contributed by atoms with Crippen LogP contribution in [0.1, 0.15) is 41.5 Å². The molecule has 5 heteroatoms. The van der Waals surface area contributed by atoms with Gasteiger partial charge in [-0.3, -0.25) is 0 Å². The molecule has 0 fully saturated rings. The van der Waals surface area contributed by atoms with Crippen LogP contribution in [0, 0.1) is 11.3 Å². The molecule has 1 aliphatic rings. The molecule has 34 heavy (non-hydrogen) atoms. The molecule has 0 aromatic heterocycles. The molecule has 176 valence electrons. The largest absolute Gasteiger partial charge is 0.485 e. The average Bonchev–Trinajstić information content (AvgIpc) is 3.00. The number of aryl methyl sites for hydroxylation is 1. The van der Waals surface area contributed by atoms with Gasteiger partial charge in [0.2, 0.25) is 0 Å². The highest BCUT2D eigenvalue weighted by Crippen LogP contribution is 2.44. The van der Waals surface area contributed by atoms with Crippen LogP contribution in [0.25, 0.3) is 0 Å². The van der Waals surface area contributed by atoms with Crippen LogP contribution in [0.2, 0.25) is 19.6 Å². The Morgan fingerprint density at radius 3 is 1.91 bits per heavy atom. The lowest BCUT2D eigenvalue weighted by Crippen LogP contribution is -2.40. The molecule has 3 aromatic carbocycles. The Balaban J connectivity index is 1.73. The van der Waals surface area contributed by atoms with Crippen molar-refractivity contribution in [2.24, 2.45) is 0 Å². The lowest BCUT2D eigenvalue weighted by Gasteiger charge is -2.34. The van der Waals surface area contributed by atoms with Gasteiger partial charge in [0.05, 0.1) is 0 Å². The van der Waals surface area contributed by atoms with Gasteiger partial charge in [-0.05, 0) is 74.1 Å². The van der Waals surface area contributed by atoms with E-state index in [0.29, 0.717) is 31.1 Å². The molecule has 0 radical (unpaired) electrons. The van der Waals surface area contributed by atoms with Crippen molar-refractivity contribution in [3.8, 4) is 17.6 Å². The first-order valence-electron chi connectivity index (χ1n) is 12.0. The normalized spacial score (nSPS) is 17.8. The molecule has 1 unspecified atom stereocenters.